The molecule has 5 heteroatoms. The lowest BCUT2D eigenvalue weighted by molar-refractivity contribution is -0.147. The van der Waals surface area contributed by atoms with Gasteiger partial charge in [-0.25, -0.2) is 0 Å². The molecular formula is C14H29N3O2. The van der Waals surface area contributed by atoms with E-state index >= 15 is 0 Å². The third-order valence-electron chi connectivity index (χ3n) is 4.35. The zero-order valence-electron chi connectivity index (χ0n) is 12.6. The Morgan fingerprint density at radius 2 is 1.84 bits per heavy atom. The fourth-order valence-electron chi connectivity index (χ4n) is 2.71. The van der Waals surface area contributed by atoms with Gasteiger partial charge in [0.2, 0.25) is 0 Å². The molecule has 1 heterocycles. The smallest absolute Gasteiger partial charge is 0.323 e. The predicted molar refractivity (Wildman–Crippen MR) is 77.5 cm³/mol. The third kappa shape index (κ3) is 4.44. The SMILES string of the molecule is CCN(CC)CCNC1(C(=O)O)CCN(CC)CC1. The van der Waals surface area contributed by atoms with E-state index in [9.17, 15) is 9.90 Å². The van der Waals surface area contributed by atoms with Gasteiger partial charge in [-0.05, 0) is 32.5 Å². The fourth-order valence-corrected chi connectivity index (χ4v) is 2.71. The van der Waals surface area contributed by atoms with Crippen molar-refractivity contribution in [2.75, 3.05) is 45.8 Å². The molecule has 0 radical (unpaired) electrons. The van der Waals surface area contributed by atoms with E-state index in [4.69, 9.17) is 0 Å². The van der Waals surface area contributed by atoms with Crippen molar-refractivity contribution in [3.05, 3.63) is 0 Å². The summed E-state index contributed by atoms with van der Waals surface area (Å²) in [6.45, 7) is 12.9. The van der Waals surface area contributed by atoms with Gasteiger partial charge in [-0.1, -0.05) is 20.8 Å². The van der Waals surface area contributed by atoms with E-state index in [2.05, 4.69) is 35.9 Å². The summed E-state index contributed by atoms with van der Waals surface area (Å²) in [4.78, 5) is 16.2. The van der Waals surface area contributed by atoms with Crippen LogP contribution in [0.1, 0.15) is 33.6 Å². The molecule has 0 spiro atoms. The summed E-state index contributed by atoms with van der Waals surface area (Å²) in [5.41, 5.74) is -0.710. The van der Waals surface area contributed by atoms with E-state index in [0.29, 0.717) is 12.8 Å². The van der Waals surface area contributed by atoms with Crippen LogP contribution in [0, 0.1) is 0 Å². The first-order valence-corrected chi connectivity index (χ1v) is 7.51. The van der Waals surface area contributed by atoms with Gasteiger partial charge in [-0.15, -0.1) is 0 Å². The number of carboxylic acids is 1. The Kier molecular flexibility index (Phi) is 6.75. The Morgan fingerprint density at radius 1 is 1.26 bits per heavy atom. The van der Waals surface area contributed by atoms with E-state index < -0.39 is 11.5 Å². The number of likely N-dealkylation sites (N-methyl/N-ethyl adjacent to an activating group) is 1. The second-order valence-corrected chi connectivity index (χ2v) is 5.28. The molecule has 112 valence electrons. The molecule has 5 nitrogen and oxygen atoms in total. The first-order chi connectivity index (χ1) is 9.07. The number of carbonyl (C=O) groups is 1. The van der Waals surface area contributed by atoms with Crippen molar-refractivity contribution in [2.45, 2.75) is 39.2 Å². The van der Waals surface area contributed by atoms with Gasteiger partial charge in [0.05, 0.1) is 0 Å². The molecule has 0 bridgehead atoms. The molecule has 1 rings (SSSR count). The summed E-state index contributed by atoms with van der Waals surface area (Å²) in [6, 6.07) is 0. The van der Waals surface area contributed by atoms with Crippen molar-refractivity contribution in [1.82, 2.24) is 15.1 Å². The Bertz CT molecular complexity index is 272. The van der Waals surface area contributed by atoms with Crippen LogP contribution in [0.4, 0.5) is 0 Å². The molecule has 1 saturated heterocycles. The van der Waals surface area contributed by atoms with Gasteiger partial charge in [0.1, 0.15) is 5.54 Å². The van der Waals surface area contributed by atoms with Crippen molar-refractivity contribution in [1.29, 1.82) is 0 Å². The first kappa shape index (κ1) is 16.4. The minimum Gasteiger partial charge on any atom is -0.480 e. The van der Waals surface area contributed by atoms with Crippen LogP contribution < -0.4 is 5.32 Å². The van der Waals surface area contributed by atoms with Crippen LogP contribution in [0.5, 0.6) is 0 Å². The Labute approximate surface area is 117 Å². The number of carboxylic acid groups (broad SMARTS) is 1. The van der Waals surface area contributed by atoms with Gasteiger partial charge in [-0.2, -0.15) is 0 Å². The maximum Gasteiger partial charge on any atom is 0.323 e. The summed E-state index contributed by atoms with van der Waals surface area (Å²) in [7, 11) is 0. The lowest BCUT2D eigenvalue weighted by atomic mass is 9.87. The molecule has 0 aromatic heterocycles. The molecule has 2 N–H and O–H groups in total. The van der Waals surface area contributed by atoms with Crippen LogP contribution in [-0.2, 0) is 4.79 Å². The minimum absolute atomic E-state index is 0.692. The van der Waals surface area contributed by atoms with E-state index in [-0.39, 0.29) is 0 Å². The number of piperidine rings is 1. The highest BCUT2D eigenvalue weighted by Crippen LogP contribution is 2.22. The third-order valence-corrected chi connectivity index (χ3v) is 4.35. The molecule has 0 unspecified atom stereocenters. The largest absolute Gasteiger partial charge is 0.480 e. The highest BCUT2D eigenvalue weighted by molar-refractivity contribution is 5.79. The van der Waals surface area contributed by atoms with Gasteiger partial charge in [0.15, 0.2) is 0 Å². The molecule has 1 fully saturated rings. The van der Waals surface area contributed by atoms with Crippen molar-refractivity contribution >= 4 is 5.97 Å². The summed E-state index contributed by atoms with van der Waals surface area (Å²) in [5.74, 6) is -0.692. The molecule has 0 aromatic rings. The number of hydrogen-bond acceptors (Lipinski definition) is 4. The number of aliphatic carboxylic acids is 1. The predicted octanol–water partition coefficient (Wildman–Crippen LogP) is 0.857. The molecular weight excluding hydrogens is 242 g/mol. The van der Waals surface area contributed by atoms with Crippen LogP contribution >= 0.6 is 0 Å². The molecule has 0 atom stereocenters. The van der Waals surface area contributed by atoms with E-state index in [1.54, 1.807) is 0 Å². The molecule has 0 saturated carbocycles. The van der Waals surface area contributed by atoms with E-state index in [1.165, 1.54) is 0 Å². The van der Waals surface area contributed by atoms with Crippen LogP contribution in [0.25, 0.3) is 0 Å². The summed E-state index contributed by atoms with van der Waals surface area (Å²) in [6.07, 6.45) is 1.41. The van der Waals surface area contributed by atoms with Gasteiger partial charge >= 0.3 is 5.97 Å². The van der Waals surface area contributed by atoms with Crippen molar-refractivity contribution in [2.24, 2.45) is 0 Å². The number of rotatable bonds is 8. The van der Waals surface area contributed by atoms with Crippen LogP contribution in [0.2, 0.25) is 0 Å². The quantitative estimate of drug-likeness (QED) is 0.686. The summed E-state index contributed by atoms with van der Waals surface area (Å²) in [5, 5.41) is 12.8. The maximum atomic E-state index is 11.6. The Morgan fingerprint density at radius 3 is 2.26 bits per heavy atom. The monoisotopic (exact) mass is 271 g/mol. The molecule has 1 aliphatic heterocycles. The first-order valence-electron chi connectivity index (χ1n) is 7.51. The fraction of sp³-hybridized carbons (Fsp3) is 0.929. The van der Waals surface area contributed by atoms with E-state index in [0.717, 1.165) is 45.8 Å². The number of nitrogens with one attached hydrogen (secondary N) is 1. The van der Waals surface area contributed by atoms with Crippen LogP contribution in [0.15, 0.2) is 0 Å². The average Bonchev–Trinajstić information content (AvgIpc) is 2.44. The number of likely N-dealkylation sites (tertiary alicyclic amines) is 1. The highest BCUT2D eigenvalue weighted by Gasteiger charge is 2.40. The highest BCUT2D eigenvalue weighted by atomic mass is 16.4. The summed E-state index contributed by atoms with van der Waals surface area (Å²) < 4.78 is 0. The van der Waals surface area contributed by atoms with Gasteiger partial charge in [0, 0.05) is 26.2 Å². The van der Waals surface area contributed by atoms with Crippen LogP contribution in [-0.4, -0.2) is 72.2 Å². The van der Waals surface area contributed by atoms with Gasteiger partial charge in [0.25, 0.3) is 0 Å². The Balaban J connectivity index is 2.47. The molecule has 0 aromatic carbocycles. The standard InChI is InChI=1S/C14H29N3O2/c1-4-16(5-2)12-9-15-14(13(18)19)7-10-17(6-3)11-8-14/h15H,4-12H2,1-3H3,(H,18,19). The van der Waals surface area contributed by atoms with Gasteiger partial charge in [-0.3, -0.25) is 4.79 Å². The van der Waals surface area contributed by atoms with E-state index in [1.807, 2.05) is 0 Å². The maximum absolute atomic E-state index is 11.6. The van der Waals surface area contributed by atoms with Crippen LogP contribution in [0.3, 0.4) is 0 Å². The molecule has 0 aliphatic carbocycles. The topological polar surface area (TPSA) is 55.8 Å². The zero-order valence-corrected chi connectivity index (χ0v) is 12.6. The number of hydrogen-bond donors (Lipinski definition) is 2. The average molecular weight is 271 g/mol. The van der Waals surface area contributed by atoms with Gasteiger partial charge < -0.3 is 20.2 Å². The zero-order chi connectivity index (χ0) is 14.3. The molecule has 1 aliphatic rings. The van der Waals surface area contributed by atoms with Crippen molar-refractivity contribution in [3.63, 3.8) is 0 Å². The normalized spacial score (nSPS) is 19.8. The summed E-state index contributed by atoms with van der Waals surface area (Å²) >= 11 is 0. The second-order valence-electron chi connectivity index (χ2n) is 5.28. The lowest BCUT2D eigenvalue weighted by Crippen LogP contribution is -2.59. The molecule has 0 amide bonds. The minimum atomic E-state index is -0.710. The van der Waals surface area contributed by atoms with Crippen molar-refractivity contribution < 1.29 is 9.90 Å². The lowest BCUT2D eigenvalue weighted by Gasteiger charge is -2.39. The Hall–Kier alpha value is -0.650. The van der Waals surface area contributed by atoms with Crippen molar-refractivity contribution in [3.8, 4) is 0 Å². The second kappa shape index (κ2) is 7.82. The molecule has 19 heavy (non-hydrogen) atoms. The number of nitrogens with zero attached hydrogens (tertiary/aromatic N) is 2.